The van der Waals surface area contributed by atoms with Gasteiger partial charge in [-0.1, -0.05) is 0 Å². The van der Waals surface area contributed by atoms with Crippen LogP contribution < -0.4 is 15.0 Å². The van der Waals surface area contributed by atoms with Gasteiger partial charge in [0.1, 0.15) is 5.52 Å². The lowest BCUT2D eigenvalue weighted by Gasteiger charge is -2.16. The number of ether oxygens (including phenoxy) is 1. The van der Waals surface area contributed by atoms with Crippen molar-refractivity contribution in [3.8, 4) is 5.75 Å². The fourth-order valence-electron chi connectivity index (χ4n) is 3.32. The van der Waals surface area contributed by atoms with Crippen molar-refractivity contribution in [3.05, 3.63) is 48.1 Å². The Morgan fingerprint density at radius 3 is 2.89 bits per heavy atom. The minimum atomic E-state index is -0.569. The SMILES string of the molecule is COc1ccc(NC(=O)[C@@H]2CC(=O)N(c3ccc4oc(C)nc4c3)C2)cc1F. The van der Waals surface area contributed by atoms with E-state index in [4.69, 9.17) is 9.15 Å². The number of aryl methyl sites for hydroxylation is 1. The van der Waals surface area contributed by atoms with Gasteiger partial charge in [-0.2, -0.15) is 0 Å². The normalized spacial score (nSPS) is 16.6. The number of nitrogens with zero attached hydrogens (tertiary/aromatic N) is 2. The number of nitrogens with one attached hydrogen (secondary N) is 1. The first kappa shape index (κ1) is 18.0. The van der Waals surface area contributed by atoms with Gasteiger partial charge in [-0.05, 0) is 30.3 Å². The van der Waals surface area contributed by atoms with E-state index in [0.29, 0.717) is 28.4 Å². The fraction of sp³-hybridized carbons (Fsp3) is 0.250. The fourth-order valence-corrected chi connectivity index (χ4v) is 3.32. The van der Waals surface area contributed by atoms with Crippen molar-refractivity contribution in [1.82, 2.24) is 4.98 Å². The van der Waals surface area contributed by atoms with Gasteiger partial charge in [-0.25, -0.2) is 9.37 Å². The Hall–Kier alpha value is -3.42. The molecule has 1 aliphatic rings. The van der Waals surface area contributed by atoms with E-state index in [1.165, 1.54) is 19.2 Å². The predicted molar refractivity (Wildman–Crippen MR) is 101 cm³/mol. The number of fused-ring (bicyclic) bond motifs is 1. The standard InChI is InChI=1S/C20H18FN3O4/c1-11-22-16-9-14(4-6-18(16)28-11)24-10-12(7-19(24)25)20(26)23-13-3-5-17(27-2)15(21)8-13/h3-6,8-9,12H,7,10H2,1-2H3,(H,23,26)/t12-/m1/s1. The highest BCUT2D eigenvalue weighted by Gasteiger charge is 2.35. The van der Waals surface area contributed by atoms with Crippen LogP contribution >= 0.6 is 0 Å². The Morgan fingerprint density at radius 2 is 2.14 bits per heavy atom. The van der Waals surface area contributed by atoms with Gasteiger partial charge in [-0.15, -0.1) is 0 Å². The van der Waals surface area contributed by atoms with Crippen LogP contribution in [-0.4, -0.2) is 30.5 Å². The Labute approximate surface area is 160 Å². The maximum Gasteiger partial charge on any atom is 0.229 e. The number of rotatable bonds is 4. The smallest absolute Gasteiger partial charge is 0.229 e. The molecule has 2 heterocycles. The molecule has 8 heteroatoms. The first-order chi connectivity index (χ1) is 13.4. The summed E-state index contributed by atoms with van der Waals surface area (Å²) >= 11 is 0. The predicted octanol–water partition coefficient (Wildman–Crippen LogP) is 3.28. The molecule has 1 N–H and O–H groups in total. The monoisotopic (exact) mass is 383 g/mol. The average molecular weight is 383 g/mol. The Balaban J connectivity index is 1.48. The molecule has 0 unspecified atom stereocenters. The number of hydrogen-bond acceptors (Lipinski definition) is 5. The molecular weight excluding hydrogens is 365 g/mol. The minimum Gasteiger partial charge on any atom is -0.494 e. The number of methoxy groups -OCH3 is 1. The maximum absolute atomic E-state index is 13.8. The van der Waals surface area contributed by atoms with Gasteiger partial charge >= 0.3 is 0 Å². The van der Waals surface area contributed by atoms with Crippen molar-refractivity contribution in [2.75, 3.05) is 23.9 Å². The number of oxazole rings is 1. The zero-order valence-electron chi connectivity index (χ0n) is 15.4. The van der Waals surface area contributed by atoms with Gasteiger partial charge in [-0.3, -0.25) is 9.59 Å². The van der Waals surface area contributed by atoms with E-state index < -0.39 is 11.7 Å². The summed E-state index contributed by atoms with van der Waals surface area (Å²) in [7, 11) is 1.37. The van der Waals surface area contributed by atoms with E-state index in [2.05, 4.69) is 10.3 Å². The highest BCUT2D eigenvalue weighted by atomic mass is 19.1. The summed E-state index contributed by atoms with van der Waals surface area (Å²) in [6.07, 6.45) is 0.0837. The van der Waals surface area contributed by atoms with Crippen LogP contribution in [0, 0.1) is 18.7 Å². The Kier molecular flexibility index (Phi) is 4.46. The summed E-state index contributed by atoms with van der Waals surface area (Å²) in [5.41, 5.74) is 2.28. The van der Waals surface area contributed by atoms with Gasteiger partial charge in [0, 0.05) is 37.3 Å². The van der Waals surface area contributed by atoms with E-state index >= 15 is 0 Å². The van der Waals surface area contributed by atoms with Crippen LogP contribution in [0.3, 0.4) is 0 Å². The Bertz CT molecular complexity index is 1080. The zero-order chi connectivity index (χ0) is 19.8. The largest absolute Gasteiger partial charge is 0.494 e. The lowest BCUT2D eigenvalue weighted by Crippen LogP contribution is -2.28. The second-order valence-electron chi connectivity index (χ2n) is 6.63. The molecule has 1 aliphatic heterocycles. The average Bonchev–Trinajstić information content (AvgIpc) is 3.23. The highest BCUT2D eigenvalue weighted by molar-refractivity contribution is 6.04. The molecule has 0 saturated carbocycles. The molecule has 1 fully saturated rings. The van der Waals surface area contributed by atoms with Gasteiger partial charge in [0.15, 0.2) is 23.0 Å². The van der Waals surface area contributed by atoms with E-state index in [1.807, 2.05) is 0 Å². The number of carbonyl (C=O) groups is 2. The van der Waals surface area contributed by atoms with Crippen LogP contribution in [0.2, 0.25) is 0 Å². The number of carbonyl (C=O) groups excluding carboxylic acids is 2. The highest BCUT2D eigenvalue weighted by Crippen LogP contribution is 2.29. The molecule has 4 rings (SSSR count). The maximum atomic E-state index is 13.8. The van der Waals surface area contributed by atoms with Crippen molar-refractivity contribution in [1.29, 1.82) is 0 Å². The van der Waals surface area contributed by atoms with E-state index in [1.54, 1.807) is 36.1 Å². The third kappa shape index (κ3) is 3.28. The van der Waals surface area contributed by atoms with Crippen LogP contribution in [-0.2, 0) is 9.59 Å². The molecule has 0 spiro atoms. The van der Waals surface area contributed by atoms with Crippen molar-refractivity contribution in [2.45, 2.75) is 13.3 Å². The summed E-state index contributed by atoms with van der Waals surface area (Å²) in [5, 5.41) is 2.66. The topological polar surface area (TPSA) is 84.7 Å². The Morgan fingerprint density at radius 1 is 1.32 bits per heavy atom. The molecule has 3 aromatic rings. The van der Waals surface area contributed by atoms with E-state index in [-0.39, 0.29) is 30.5 Å². The van der Waals surface area contributed by atoms with Crippen LogP contribution in [0.15, 0.2) is 40.8 Å². The zero-order valence-corrected chi connectivity index (χ0v) is 15.4. The summed E-state index contributed by atoms with van der Waals surface area (Å²) < 4.78 is 24.1. The molecule has 1 saturated heterocycles. The molecule has 1 aromatic heterocycles. The van der Waals surface area contributed by atoms with Crippen LogP contribution in [0.25, 0.3) is 11.1 Å². The van der Waals surface area contributed by atoms with Gasteiger partial charge in [0.2, 0.25) is 11.8 Å². The molecule has 7 nitrogen and oxygen atoms in total. The summed E-state index contributed by atoms with van der Waals surface area (Å²) in [5.74, 6) is -0.949. The van der Waals surface area contributed by atoms with Crippen LogP contribution in [0.5, 0.6) is 5.75 Å². The van der Waals surface area contributed by atoms with E-state index in [0.717, 1.165) is 0 Å². The molecule has 0 radical (unpaired) electrons. The number of benzene rings is 2. The van der Waals surface area contributed by atoms with Crippen molar-refractivity contribution in [2.24, 2.45) is 5.92 Å². The first-order valence-corrected chi connectivity index (χ1v) is 8.76. The molecule has 144 valence electrons. The van der Waals surface area contributed by atoms with Gasteiger partial charge < -0.3 is 19.4 Å². The molecular formula is C20H18FN3O4. The second-order valence-corrected chi connectivity index (χ2v) is 6.63. The quantitative estimate of drug-likeness (QED) is 0.747. The number of aromatic nitrogens is 1. The number of hydrogen-bond donors (Lipinski definition) is 1. The number of amides is 2. The molecule has 28 heavy (non-hydrogen) atoms. The van der Waals surface area contributed by atoms with E-state index in [9.17, 15) is 14.0 Å². The second kappa shape index (κ2) is 6.95. The van der Waals surface area contributed by atoms with Gasteiger partial charge in [0.25, 0.3) is 0 Å². The first-order valence-electron chi connectivity index (χ1n) is 8.76. The molecule has 0 aliphatic carbocycles. The van der Waals surface area contributed by atoms with Crippen LogP contribution in [0.4, 0.5) is 15.8 Å². The van der Waals surface area contributed by atoms with Crippen molar-refractivity contribution in [3.63, 3.8) is 0 Å². The third-order valence-corrected chi connectivity index (χ3v) is 4.70. The summed E-state index contributed by atoms with van der Waals surface area (Å²) in [4.78, 5) is 30.8. The summed E-state index contributed by atoms with van der Waals surface area (Å²) in [6.45, 7) is 1.99. The molecule has 1 atom stereocenters. The molecule has 2 aromatic carbocycles. The molecule has 0 bridgehead atoms. The van der Waals surface area contributed by atoms with Gasteiger partial charge in [0.05, 0.1) is 13.0 Å². The summed E-state index contributed by atoms with van der Waals surface area (Å²) in [6, 6.07) is 9.46. The van der Waals surface area contributed by atoms with Crippen molar-refractivity contribution < 1.29 is 23.1 Å². The number of anilines is 2. The van der Waals surface area contributed by atoms with Crippen LogP contribution in [0.1, 0.15) is 12.3 Å². The van der Waals surface area contributed by atoms with Crippen molar-refractivity contribution >= 4 is 34.3 Å². The minimum absolute atomic E-state index is 0.0837. The lowest BCUT2D eigenvalue weighted by molar-refractivity contribution is -0.122. The lowest BCUT2D eigenvalue weighted by atomic mass is 10.1. The third-order valence-electron chi connectivity index (χ3n) is 4.70. The molecule has 2 amide bonds. The number of halogens is 1.